The van der Waals surface area contributed by atoms with Gasteiger partial charge in [-0.05, 0) is 36.8 Å². The summed E-state index contributed by atoms with van der Waals surface area (Å²) in [6.07, 6.45) is 4.48. The van der Waals surface area contributed by atoms with Crippen LogP contribution in [0.1, 0.15) is 45.2 Å². The number of rotatable bonds is 6. The molecule has 0 unspecified atom stereocenters. The van der Waals surface area contributed by atoms with E-state index in [2.05, 4.69) is 20.3 Å². The molecule has 4 aromatic rings. The van der Waals surface area contributed by atoms with Gasteiger partial charge in [0.05, 0.1) is 5.39 Å². The summed E-state index contributed by atoms with van der Waals surface area (Å²) in [6, 6.07) is 10.0. The number of nitrogens with zero attached hydrogens (tertiary/aromatic N) is 3. The number of thiophene rings is 1. The van der Waals surface area contributed by atoms with Crippen LogP contribution in [0.2, 0.25) is 0 Å². The first kappa shape index (κ1) is 19.9. The Bertz CT molecular complexity index is 1240. The van der Waals surface area contributed by atoms with E-state index in [1.807, 2.05) is 30.3 Å². The van der Waals surface area contributed by atoms with Gasteiger partial charge in [-0.1, -0.05) is 30.3 Å². The smallest absolute Gasteiger partial charge is 0.358 e. The molecular formula is C22H21N5O2S2. The quantitative estimate of drug-likeness (QED) is 0.414. The predicted molar refractivity (Wildman–Crippen MR) is 123 cm³/mol. The van der Waals surface area contributed by atoms with Gasteiger partial charge in [-0.2, -0.15) is 0 Å². The topological polar surface area (TPSA) is 103 Å². The van der Waals surface area contributed by atoms with E-state index in [4.69, 9.17) is 10.5 Å². The van der Waals surface area contributed by atoms with Crippen LogP contribution in [0, 0.1) is 0 Å². The summed E-state index contributed by atoms with van der Waals surface area (Å²) in [5.41, 5.74) is 8.93. The molecule has 0 aliphatic heterocycles. The molecule has 0 fully saturated rings. The van der Waals surface area contributed by atoms with Crippen molar-refractivity contribution >= 4 is 49.8 Å². The number of fused-ring (bicyclic) bond motifs is 3. The van der Waals surface area contributed by atoms with Crippen LogP contribution >= 0.6 is 22.7 Å². The molecule has 7 nitrogen and oxygen atoms in total. The summed E-state index contributed by atoms with van der Waals surface area (Å²) >= 11 is 3.04. The van der Waals surface area contributed by atoms with Crippen molar-refractivity contribution in [3.63, 3.8) is 0 Å². The highest BCUT2D eigenvalue weighted by Gasteiger charge is 2.21. The van der Waals surface area contributed by atoms with E-state index in [1.54, 1.807) is 16.7 Å². The van der Waals surface area contributed by atoms with Gasteiger partial charge in [0.2, 0.25) is 0 Å². The first-order chi connectivity index (χ1) is 15.2. The van der Waals surface area contributed by atoms with Gasteiger partial charge in [0.1, 0.15) is 10.6 Å². The lowest BCUT2D eigenvalue weighted by Crippen LogP contribution is -2.09. The second-order valence-corrected chi connectivity index (χ2v) is 9.31. The molecule has 0 saturated carbocycles. The molecule has 0 spiro atoms. The third-order valence-electron chi connectivity index (χ3n) is 5.22. The molecule has 1 aliphatic carbocycles. The summed E-state index contributed by atoms with van der Waals surface area (Å²) in [7, 11) is 0. The highest BCUT2D eigenvalue weighted by Crippen LogP contribution is 2.37. The van der Waals surface area contributed by atoms with Crippen molar-refractivity contribution in [1.82, 2.24) is 15.0 Å². The number of nitrogens with two attached hydrogens (primary N) is 1. The fourth-order valence-corrected chi connectivity index (χ4v) is 5.69. The molecule has 31 heavy (non-hydrogen) atoms. The first-order valence-corrected chi connectivity index (χ1v) is 11.8. The van der Waals surface area contributed by atoms with Gasteiger partial charge in [0.15, 0.2) is 23.3 Å². The van der Waals surface area contributed by atoms with Crippen molar-refractivity contribution in [1.29, 1.82) is 0 Å². The Kier molecular flexibility index (Phi) is 5.52. The fraction of sp³-hybridized carbons (Fsp3) is 0.273. The lowest BCUT2D eigenvalue weighted by Gasteiger charge is -2.10. The number of hydrogen-bond acceptors (Lipinski definition) is 9. The number of aryl methyl sites for hydroxylation is 2. The lowest BCUT2D eigenvalue weighted by atomic mass is 9.97. The van der Waals surface area contributed by atoms with Gasteiger partial charge in [-0.25, -0.2) is 19.7 Å². The number of aromatic nitrogens is 3. The molecule has 0 saturated heterocycles. The van der Waals surface area contributed by atoms with Gasteiger partial charge in [-0.15, -0.1) is 22.7 Å². The number of carbonyl (C=O) groups excluding carboxylic acids is 1. The van der Waals surface area contributed by atoms with Crippen LogP contribution in [0.15, 0.2) is 35.7 Å². The summed E-state index contributed by atoms with van der Waals surface area (Å²) in [4.78, 5) is 28.0. The maximum Gasteiger partial charge on any atom is 0.358 e. The Hall–Kier alpha value is -3.04. The van der Waals surface area contributed by atoms with Crippen LogP contribution < -0.4 is 11.1 Å². The first-order valence-electron chi connectivity index (χ1n) is 10.1. The van der Waals surface area contributed by atoms with Crippen LogP contribution in [-0.2, 0) is 30.7 Å². The highest BCUT2D eigenvalue weighted by molar-refractivity contribution is 7.19. The molecule has 3 heterocycles. The molecule has 9 heteroatoms. The number of nitrogens with one attached hydrogen (secondary N) is 1. The summed E-state index contributed by atoms with van der Waals surface area (Å²) in [6.45, 7) is 0.604. The number of hydrogen-bond donors (Lipinski definition) is 2. The summed E-state index contributed by atoms with van der Waals surface area (Å²) in [5, 5.41) is 6.55. The monoisotopic (exact) mass is 451 g/mol. The molecule has 3 N–H and O–H groups in total. The normalized spacial score (nSPS) is 13.2. The molecule has 3 aromatic heterocycles. The maximum atomic E-state index is 12.4. The van der Waals surface area contributed by atoms with E-state index in [0.29, 0.717) is 23.3 Å². The number of thiazole rings is 1. The van der Waals surface area contributed by atoms with Crippen LogP contribution in [0.5, 0.6) is 0 Å². The molecule has 0 radical (unpaired) electrons. The van der Waals surface area contributed by atoms with E-state index in [1.165, 1.54) is 34.6 Å². The molecule has 0 bridgehead atoms. The molecular weight excluding hydrogens is 430 g/mol. The minimum absolute atomic E-state index is 0.0359. The molecule has 0 atom stereocenters. The molecule has 1 aliphatic rings. The Morgan fingerprint density at radius 1 is 1.13 bits per heavy atom. The van der Waals surface area contributed by atoms with E-state index < -0.39 is 5.97 Å². The number of ether oxygens (including phenoxy) is 1. The summed E-state index contributed by atoms with van der Waals surface area (Å²) in [5.74, 6) is 0.378. The number of esters is 1. The number of anilines is 2. The third kappa shape index (κ3) is 4.24. The van der Waals surface area contributed by atoms with E-state index in [9.17, 15) is 4.79 Å². The fourth-order valence-electron chi connectivity index (χ4n) is 3.72. The third-order valence-corrected chi connectivity index (χ3v) is 7.21. The predicted octanol–water partition coefficient (Wildman–Crippen LogP) is 4.58. The van der Waals surface area contributed by atoms with Crippen LogP contribution in [-0.4, -0.2) is 20.9 Å². The highest BCUT2D eigenvalue weighted by atomic mass is 32.1. The minimum Gasteiger partial charge on any atom is -0.453 e. The van der Waals surface area contributed by atoms with Crippen molar-refractivity contribution in [2.75, 3.05) is 11.1 Å². The minimum atomic E-state index is -0.503. The van der Waals surface area contributed by atoms with Crippen molar-refractivity contribution in [3.8, 4) is 0 Å². The molecule has 158 valence electrons. The zero-order chi connectivity index (χ0) is 21.2. The van der Waals surface area contributed by atoms with Gasteiger partial charge in [0.25, 0.3) is 0 Å². The second kappa shape index (κ2) is 8.60. The van der Waals surface area contributed by atoms with Crippen molar-refractivity contribution in [3.05, 3.63) is 63.2 Å². The Labute approximate surface area is 187 Å². The van der Waals surface area contributed by atoms with Crippen molar-refractivity contribution in [2.24, 2.45) is 0 Å². The van der Waals surface area contributed by atoms with Crippen LogP contribution in [0.25, 0.3) is 10.2 Å². The Balaban J connectivity index is 1.23. The summed E-state index contributed by atoms with van der Waals surface area (Å²) < 4.78 is 5.40. The van der Waals surface area contributed by atoms with Gasteiger partial charge in [0, 0.05) is 16.8 Å². The average molecular weight is 452 g/mol. The van der Waals surface area contributed by atoms with Gasteiger partial charge in [-0.3, -0.25) is 0 Å². The number of benzene rings is 1. The zero-order valence-corrected chi connectivity index (χ0v) is 18.4. The standard InChI is InChI=1S/C22H21N5O2S2/c23-19-18-14-8-4-5-9-16(14)31-20(18)27-17(26-19)11-29-21(28)15-12-30-22(25-15)24-10-13-6-2-1-3-7-13/h1-3,6-7,12H,4-5,8-11H2,(H,24,25)(H2,23,26,27). The van der Waals surface area contributed by atoms with Crippen molar-refractivity contribution < 1.29 is 9.53 Å². The maximum absolute atomic E-state index is 12.4. The Morgan fingerprint density at radius 3 is 2.84 bits per heavy atom. The zero-order valence-electron chi connectivity index (χ0n) is 16.8. The van der Waals surface area contributed by atoms with E-state index in [-0.39, 0.29) is 12.3 Å². The Morgan fingerprint density at radius 2 is 1.97 bits per heavy atom. The van der Waals surface area contributed by atoms with Gasteiger partial charge < -0.3 is 15.8 Å². The molecule has 5 rings (SSSR count). The lowest BCUT2D eigenvalue weighted by molar-refractivity contribution is 0.0457. The molecule has 1 aromatic carbocycles. The number of nitrogen functional groups attached to an aromatic ring is 1. The van der Waals surface area contributed by atoms with Crippen molar-refractivity contribution in [2.45, 2.75) is 38.8 Å². The number of carbonyl (C=O) groups is 1. The van der Waals surface area contributed by atoms with Crippen LogP contribution in [0.3, 0.4) is 0 Å². The van der Waals surface area contributed by atoms with E-state index >= 15 is 0 Å². The molecule has 0 amide bonds. The van der Waals surface area contributed by atoms with E-state index in [0.717, 1.165) is 28.6 Å². The SMILES string of the molecule is Nc1nc(COC(=O)c2csc(NCc3ccccc3)n2)nc2sc3c(c12)CCCC3. The van der Waals surface area contributed by atoms with Gasteiger partial charge >= 0.3 is 5.97 Å². The second-order valence-electron chi connectivity index (χ2n) is 7.37. The average Bonchev–Trinajstić information content (AvgIpc) is 3.41. The largest absolute Gasteiger partial charge is 0.453 e. The van der Waals surface area contributed by atoms with Crippen LogP contribution in [0.4, 0.5) is 10.9 Å².